The van der Waals surface area contributed by atoms with E-state index in [0.717, 1.165) is 36.8 Å². The van der Waals surface area contributed by atoms with E-state index in [1.165, 1.54) is 0 Å². The summed E-state index contributed by atoms with van der Waals surface area (Å²) < 4.78 is 28.4. The molecule has 4 rings (SSSR count). The van der Waals surface area contributed by atoms with Crippen molar-refractivity contribution in [3.05, 3.63) is 60.8 Å². The van der Waals surface area contributed by atoms with Gasteiger partial charge in [-0.2, -0.15) is 0 Å². The Balaban J connectivity index is 1.90. The summed E-state index contributed by atoms with van der Waals surface area (Å²) in [7, 11) is -3.52. The number of sulfone groups is 1. The van der Waals surface area contributed by atoms with Crippen molar-refractivity contribution in [2.24, 2.45) is 0 Å². The molecule has 3 aromatic rings. The minimum atomic E-state index is -3.52. The predicted octanol–water partition coefficient (Wildman–Crippen LogP) is 3.40. The predicted molar refractivity (Wildman–Crippen MR) is 95.0 cm³/mol. The van der Waals surface area contributed by atoms with Gasteiger partial charge in [-0.25, -0.2) is 8.42 Å². The van der Waals surface area contributed by atoms with Crippen molar-refractivity contribution >= 4 is 20.7 Å². The number of para-hydroxylation sites is 1. The molecule has 0 spiro atoms. The Morgan fingerprint density at radius 2 is 1.58 bits per heavy atom. The summed E-state index contributed by atoms with van der Waals surface area (Å²) in [5, 5.41) is 4.17. The second-order valence-corrected chi connectivity index (χ2v) is 8.13. The molecule has 0 radical (unpaired) electrons. The quantitative estimate of drug-likeness (QED) is 0.795. The number of hydrogen-bond donors (Lipinski definition) is 1. The lowest BCUT2D eigenvalue weighted by Gasteiger charge is -2.25. The smallest absolute Gasteiger partial charge is 0.208 e. The molecule has 0 saturated carbocycles. The molecule has 5 heteroatoms. The summed E-state index contributed by atoms with van der Waals surface area (Å²) in [6.07, 6.45) is 3.87. The monoisotopic (exact) mass is 340 g/mol. The molecule has 0 unspecified atom stereocenters. The van der Waals surface area contributed by atoms with E-state index in [-0.39, 0.29) is 0 Å². The number of nitrogens with zero attached hydrogens (tertiary/aromatic N) is 1. The number of fused-ring (bicyclic) bond motifs is 1. The van der Waals surface area contributed by atoms with Crippen LogP contribution in [0.2, 0.25) is 0 Å². The SMILES string of the molecule is O=S(=O)(c1ccccc1)c1cn(C2CCNCC2)c2ccccc12. The Bertz CT molecular complexity index is 955. The summed E-state index contributed by atoms with van der Waals surface area (Å²) >= 11 is 0. The van der Waals surface area contributed by atoms with E-state index >= 15 is 0 Å². The number of aromatic nitrogens is 1. The van der Waals surface area contributed by atoms with Gasteiger partial charge in [-0.1, -0.05) is 36.4 Å². The van der Waals surface area contributed by atoms with Gasteiger partial charge >= 0.3 is 0 Å². The van der Waals surface area contributed by atoms with E-state index in [9.17, 15) is 8.42 Å². The van der Waals surface area contributed by atoms with Crippen LogP contribution in [0.4, 0.5) is 0 Å². The van der Waals surface area contributed by atoms with Crippen LogP contribution in [0.3, 0.4) is 0 Å². The Hall–Kier alpha value is -2.11. The van der Waals surface area contributed by atoms with Gasteiger partial charge in [-0.15, -0.1) is 0 Å². The zero-order chi connectivity index (χ0) is 16.6. The van der Waals surface area contributed by atoms with Gasteiger partial charge in [0.25, 0.3) is 0 Å². The molecule has 124 valence electrons. The third-order valence-corrected chi connectivity index (χ3v) is 6.55. The van der Waals surface area contributed by atoms with Crippen molar-refractivity contribution in [2.75, 3.05) is 13.1 Å². The van der Waals surface area contributed by atoms with Crippen LogP contribution in [0, 0.1) is 0 Å². The second-order valence-electron chi connectivity index (χ2n) is 6.22. The van der Waals surface area contributed by atoms with E-state index in [1.807, 2.05) is 36.5 Å². The van der Waals surface area contributed by atoms with Crippen molar-refractivity contribution < 1.29 is 8.42 Å². The minimum Gasteiger partial charge on any atom is -0.343 e. The van der Waals surface area contributed by atoms with Crippen LogP contribution < -0.4 is 5.32 Å². The first-order valence-corrected chi connectivity index (χ1v) is 9.77. The molecule has 1 aromatic heterocycles. The fourth-order valence-corrected chi connectivity index (χ4v) is 4.98. The van der Waals surface area contributed by atoms with Gasteiger partial charge < -0.3 is 9.88 Å². The standard InChI is InChI=1S/C19H20N2O2S/c22-24(23,16-6-2-1-3-7-16)19-14-21(15-10-12-20-13-11-15)18-9-5-4-8-17(18)19/h1-9,14-15,20H,10-13H2. The Kier molecular flexibility index (Phi) is 3.90. The van der Waals surface area contributed by atoms with Crippen molar-refractivity contribution in [1.82, 2.24) is 9.88 Å². The Morgan fingerprint density at radius 1 is 0.917 bits per heavy atom. The van der Waals surface area contributed by atoms with Gasteiger partial charge in [0.1, 0.15) is 0 Å². The molecule has 1 fully saturated rings. The molecule has 1 saturated heterocycles. The maximum Gasteiger partial charge on any atom is 0.208 e. The van der Waals surface area contributed by atoms with E-state index in [0.29, 0.717) is 15.8 Å². The second kappa shape index (κ2) is 6.07. The normalized spacial score (nSPS) is 16.5. The average Bonchev–Trinajstić information content (AvgIpc) is 3.04. The number of nitrogens with one attached hydrogen (secondary N) is 1. The fourth-order valence-electron chi connectivity index (χ4n) is 3.50. The van der Waals surface area contributed by atoms with E-state index in [1.54, 1.807) is 24.3 Å². The van der Waals surface area contributed by atoms with Gasteiger partial charge in [-0.3, -0.25) is 0 Å². The average molecular weight is 340 g/mol. The maximum absolute atomic E-state index is 13.1. The first-order chi connectivity index (χ1) is 11.7. The lowest BCUT2D eigenvalue weighted by atomic mass is 10.1. The summed E-state index contributed by atoms with van der Waals surface area (Å²) in [5.74, 6) is 0. The summed E-state index contributed by atoms with van der Waals surface area (Å²) in [4.78, 5) is 0.751. The molecule has 1 N–H and O–H groups in total. The van der Waals surface area contributed by atoms with Gasteiger partial charge in [0.05, 0.1) is 9.79 Å². The zero-order valence-electron chi connectivity index (χ0n) is 13.4. The maximum atomic E-state index is 13.1. The van der Waals surface area contributed by atoms with Crippen LogP contribution in [-0.2, 0) is 9.84 Å². The Morgan fingerprint density at radius 3 is 2.33 bits per heavy atom. The summed E-state index contributed by atoms with van der Waals surface area (Å²) in [6, 6.07) is 16.8. The molecule has 0 aliphatic carbocycles. The highest BCUT2D eigenvalue weighted by atomic mass is 32.2. The first-order valence-electron chi connectivity index (χ1n) is 8.28. The largest absolute Gasteiger partial charge is 0.343 e. The van der Waals surface area contributed by atoms with Crippen molar-refractivity contribution in [3.8, 4) is 0 Å². The first kappa shape index (κ1) is 15.4. The molecule has 2 heterocycles. The molecular weight excluding hydrogens is 320 g/mol. The van der Waals surface area contributed by atoms with Gasteiger partial charge in [0.15, 0.2) is 0 Å². The number of rotatable bonds is 3. The highest BCUT2D eigenvalue weighted by Crippen LogP contribution is 2.33. The van der Waals surface area contributed by atoms with Crippen molar-refractivity contribution in [3.63, 3.8) is 0 Å². The third kappa shape index (κ3) is 2.54. The lowest BCUT2D eigenvalue weighted by molar-refractivity contribution is 0.375. The topological polar surface area (TPSA) is 51.1 Å². The van der Waals surface area contributed by atoms with Crippen LogP contribution in [0.5, 0.6) is 0 Å². The Labute approximate surface area is 142 Å². The van der Waals surface area contributed by atoms with Gasteiger partial charge in [-0.05, 0) is 44.1 Å². The zero-order valence-corrected chi connectivity index (χ0v) is 14.2. The number of benzene rings is 2. The van der Waals surface area contributed by atoms with Crippen LogP contribution in [-0.4, -0.2) is 26.1 Å². The summed E-state index contributed by atoms with van der Waals surface area (Å²) in [5.41, 5.74) is 0.999. The van der Waals surface area contributed by atoms with Crippen molar-refractivity contribution in [2.45, 2.75) is 28.7 Å². The summed E-state index contributed by atoms with van der Waals surface area (Å²) in [6.45, 7) is 1.94. The van der Waals surface area contributed by atoms with Crippen LogP contribution in [0.1, 0.15) is 18.9 Å². The van der Waals surface area contributed by atoms with Crippen LogP contribution >= 0.6 is 0 Å². The third-order valence-electron chi connectivity index (χ3n) is 4.75. The molecule has 1 aliphatic heterocycles. The molecular formula is C19H20N2O2S. The van der Waals surface area contributed by atoms with Gasteiger partial charge in [0, 0.05) is 23.1 Å². The number of piperidine rings is 1. The lowest BCUT2D eigenvalue weighted by Crippen LogP contribution is -2.29. The fraction of sp³-hybridized carbons (Fsp3) is 0.263. The van der Waals surface area contributed by atoms with Crippen LogP contribution in [0.15, 0.2) is 70.6 Å². The molecule has 0 atom stereocenters. The molecule has 4 nitrogen and oxygen atoms in total. The van der Waals surface area contributed by atoms with Crippen LogP contribution in [0.25, 0.3) is 10.9 Å². The van der Waals surface area contributed by atoms with E-state index < -0.39 is 9.84 Å². The minimum absolute atomic E-state index is 0.343. The highest BCUT2D eigenvalue weighted by Gasteiger charge is 2.25. The van der Waals surface area contributed by atoms with Crippen molar-refractivity contribution in [1.29, 1.82) is 0 Å². The molecule has 0 bridgehead atoms. The highest BCUT2D eigenvalue weighted by molar-refractivity contribution is 7.91. The molecule has 24 heavy (non-hydrogen) atoms. The van der Waals surface area contributed by atoms with E-state index in [4.69, 9.17) is 0 Å². The molecule has 2 aromatic carbocycles. The molecule has 0 amide bonds. The van der Waals surface area contributed by atoms with E-state index in [2.05, 4.69) is 9.88 Å². The van der Waals surface area contributed by atoms with Gasteiger partial charge in [0.2, 0.25) is 9.84 Å². The number of hydrogen-bond acceptors (Lipinski definition) is 3. The molecule has 1 aliphatic rings.